The van der Waals surface area contributed by atoms with Crippen molar-refractivity contribution in [2.45, 2.75) is 0 Å². The van der Waals surface area contributed by atoms with Crippen molar-refractivity contribution in [3.63, 3.8) is 0 Å². The number of carbonyl (C=O) groups excluding carboxylic acids is 1. The molecule has 1 aromatic heterocycles. The van der Waals surface area contributed by atoms with Crippen LogP contribution in [0.4, 0.5) is 5.82 Å². The average molecular weight is 253 g/mol. The van der Waals surface area contributed by atoms with E-state index in [4.69, 9.17) is 4.74 Å². The van der Waals surface area contributed by atoms with Crippen LogP contribution >= 0.6 is 0 Å². The van der Waals surface area contributed by atoms with Gasteiger partial charge in [0.1, 0.15) is 0 Å². The van der Waals surface area contributed by atoms with E-state index < -0.39 is 0 Å². The fourth-order valence-electron chi connectivity index (χ4n) is 1.49. The van der Waals surface area contributed by atoms with Crippen molar-refractivity contribution in [2.24, 2.45) is 4.99 Å². The van der Waals surface area contributed by atoms with Gasteiger partial charge in [0, 0.05) is 27.2 Å². The highest BCUT2D eigenvalue weighted by Crippen LogP contribution is 2.16. The minimum atomic E-state index is -0.231. The van der Waals surface area contributed by atoms with Gasteiger partial charge in [-0.15, -0.1) is 0 Å². The molecule has 1 aromatic rings. The van der Waals surface area contributed by atoms with Gasteiger partial charge in [0.05, 0.1) is 19.6 Å². The van der Waals surface area contributed by atoms with E-state index in [0.717, 1.165) is 0 Å². The molecule has 0 aliphatic carbocycles. The Kier molecular flexibility index (Phi) is 3.88. The summed E-state index contributed by atoms with van der Waals surface area (Å²) in [5, 5.41) is 7.23. The monoisotopic (exact) mass is 253 g/mol. The molecular weight excluding hydrogens is 238 g/mol. The normalized spacial score (nSPS) is 16.2. The molecule has 98 valence electrons. The molecule has 0 saturated carbocycles. The van der Waals surface area contributed by atoms with Crippen LogP contribution in [0.1, 0.15) is 10.5 Å². The molecule has 1 aliphatic heterocycles. The largest absolute Gasteiger partial charge is 0.378 e. The van der Waals surface area contributed by atoms with Gasteiger partial charge in [-0.1, -0.05) is 0 Å². The summed E-state index contributed by atoms with van der Waals surface area (Å²) in [6.07, 6.45) is 1.54. The number of ether oxygens (including phenoxy) is 1. The maximum absolute atomic E-state index is 12.1. The lowest BCUT2D eigenvalue weighted by Crippen LogP contribution is -2.40. The van der Waals surface area contributed by atoms with Crippen molar-refractivity contribution in [1.82, 2.24) is 20.1 Å². The predicted octanol–water partition coefficient (Wildman–Crippen LogP) is -0.237. The maximum atomic E-state index is 12.1. The zero-order valence-corrected chi connectivity index (χ0v) is 10.4. The SMILES string of the molecule is CN(C)C=Nc1nonc1C(=O)N1CCOCC1. The molecule has 1 saturated heterocycles. The van der Waals surface area contributed by atoms with Gasteiger partial charge in [-0.25, -0.2) is 9.62 Å². The van der Waals surface area contributed by atoms with E-state index in [0.29, 0.717) is 26.3 Å². The molecule has 0 atom stereocenters. The Morgan fingerprint density at radius 1 is 1.39 bits per heavy atom. The molecule has 8 nitrogen and oxygen atoms in total. The summed E-state index contributed by atoms with van der Waals surface area (Å²) in [7, 11) is 3.64. The summed E-state index contributed by atoms with van der Waals surface area (Å²) in [5.74, 6) is -0.0364. The second kappa shape index (κ2) is 5.58. The Balaban J connectivity index is 2.12. The van der Waals surface area contributed by atoms with Gasteiger partial charge in [-0.3, -0.25) is 4.79 Å². The van der Waals surface area contributed by atoms with Crippen molar-refractivity contribution in [3.05, 3.63) is 5.69 Å². The minimum absolute atomic E-state index is 0.134. The molecule has 1 aliphatic rings. The number of amides is 1. The molecule has 0 unspecified atom stereocenters. The first-order chi connectivity index (χ1) is 8.68. The summed E-state index contributed by atoms with van der Waals surface area (Å²) < 4.78 is 9.77. The third kappa shape index (κ3) is 2.83. The third-order valence-corrected chi connectivity index (χ3v) is 2.38. The van der Waals surface area contributed by atoms with Crippen LogP contribution in [0.5, 0.6) is 0 Å². The molecule has 2 rings (SSSR count). The zero-order chi connectivity index (χ0) is 13.0. The molecule has 0 N–H and O–H groups in total. The molecule has 1 fully saturated rings. The Hall–Kier alpha value is -1.96. The lowest BCUT2D eigenvalue weighted by Gasteiger charge is -2.25. The van der Waals surface area contributed by atoms with E-state index in [1.165, 1.54) is 6.34 Å². The van der Waals surface area contributed by atoms with Crippen molar-refractivity contribution in [1.29, 1.82) is 0 Å². The van der Waals surface area contributed by atoms with Gasteiger partial charge in [0.15, 0.2) is 0 Å². The molecule has 18 heavy (non-hydrogen) atoms. The number of hydrogen-bond acceptors (Lipinski definition) is 6. The topological polar surface area (TPSA) is 84.1 Å². The van der Waals surface area contributed by atoms with E-state index >= 15 is 0 Å². The second-order valence-corrected chi connectivity index (χ2v) is 4.05. The average Bonchev–Trinajstić information content (AvgIpc) is 2.85. The van der Waals surface area contributed by atoms with Crippen LogP contribution in [-0.2, 0) is 4.74 Å². The molecule has 0 spiro atoms. The van der Waals surface area contributed by atoms with Gasteiger partial charge < -0.3 is 14.5 Å². The lowest BCUT2D eigenvalue weighted by atomic mass is 10.3. The van der Waals surface area contributed by atoms with Crippen LogP contribution in [0.2, 0.25) is 0 Å². The Morgan fingerprint density at radius 3 is 2.78 bits per heavy atom. The first-order valence-corrected chi connectivity index (χ1v) is 5.58. The molecular formula is C10H15N5O3. The smallest absolute Gasteiger partial charge is 0.280 e. The van der Waals surface area contributed by atoms with E-state index in [1.807, 2.05) is 14.1 Å². The van der Waals surface area contributed by atoms with Crippen LogP contribution in [-0.4, -0.2) is 72.8 Å². The van der Waals surface area contributed by atoms with E-state index in [9.17, 15) is 4.79 Å². The second-order valence-electron chi connectivity index (χ2n) is 4.05. The number of nitrogens with zero attached hydrogens (tertiary/aromatic N) is 5. The first-order valence-electron chi connectivity index (χ1n) is 5.58. The van der Waals surface area contributed by atoms with Crippen LogP contribution in [0.15, 0.2) is 9.62 Å². The maximum Gasteiger partial charge on any atom is 0.280 e. The highest BCUT2D eigenvalue weighted by Gasteiger charge is 2.25. The summed E-state index contributed by atoms with van der Waals surface area (Å²) in [4.78, 5) is 19.6. The Bertz CT molecular complexity index is 436. The number of carbonyl (C=O) groups is 1. The zero-order valence-electron chi connectivity index (χ0n) is 10.4. The van der Waals surface area contributed by atoms with Crippen molar-refractivity contribution in [3.8, 4) is 0 Å². The van der Waals surface area contributed by atoms with Crippen molar-refractivity contribution < 1.29 is 14.2 Å². The van der Waals surface area contributed by atoms with Crippen LogP contribution < -0.4 is 0 Å². The van der Waals surface area contributed by atoms with Crippen LogP contribution in [0.3, 0.4) is 0 Å². The quantitative estimate of drug-likeness (QED) is 0.546. The van der Waals surface area contributed by atoms with Crippen LogP contribution in [0.25, 0.3) is 0 Å². The van der Waals surface area contributed by atoms with Gasteiger partial charge in [0.25, 0.3) is 5.91 Å². The van der Waals surface area contributed by atoms with Gasteiger partial charge in [-0.05, 0) is 10.3 Å². The number of morpholine rings is 1. The lowest BCUT2D eigenvalue weighted by molar-refractivity contribution is 0.0296. The third-order valence-electron chi connectivity index (χ3n) is 2.38. The van der Waals surface area contributed by atoms with E-state index in [1.54, 1.807) is 9.80 Å². The summed E-state index contributed by atoms with van der Waals surface area (Å²) in [6.45, 7) is 2.16. The molecule has 0 radical (unpaired) electrons. The fraction of sp³-hybridized carbons (Fsp3) is 0.600. The molecule has 1 amide bonds. The Morgan fingerprint density at radius 2 is 2.11 bits per heavy atom. The highest BCUT2D eigenvalue weighted by molar-refractivity contribution is 5.96. The molecule has 2 heterocycles. The summed E-state index contributed by atoms with van der Waals surface area (Å²) in [5.41, 5.74) is 0.134. The van der Waals surface area contributed by atoms with E-state index in [2.05, 4.69) is 19.9 Å². The van der Waals surface area contributed by atoms with Gasteiger partial charge >= 0.3 is 0 Å². The van der Waals surface area contributed by atoms with Crippen molar-refractivity contribution in [2.75, 3.05) is 40.4 Å². The number of rotatable bonds is 3. The minimum Gasteiger partial charge on any atom is -0.378 e. The molecule has 0 aromatic carbocycles. The summed E-state index contributed by atoms with van der Waals surface area (Å²) >= 11 is 0. The fourth-order valence-corrected chi connectivity index (χ4v) is 1.49. The van der Waals surface area contributed by atoms with Gasteiger partial charge in [-0.2, -0.15) is 0 Å². The highest BCUT2D eigenvalue weighted by atomic mass is 16.6. The molecule has 0 bridgehead atoms. The van der Waals surface area contributed by atoms with Gasteiger partial charge in [0.2, 0.25) is 11.5 Å². The van der Waals surface area contributed by atoms with Crippen LogP contribution in [0, 0.1) is 0 Å². The predicted molar refractivity (Wildman–Crippen MR) is 62.9 cm³/mol. The Labute approximate surface area is 104 Å². The molecule has 8 heteroatoms. The summed E-state index contributed by atoms with van der Waals surface area (Å²) in [6, 6.07) is 0. The van der Waals surface area contributed by atoms with E-state index in [-0.39, 0.29) is 17.4 Å². The number of aromatic nitrogens is 2. The number of hydrogen-bond donors (Lipinski definition) is 0. The standard InChI is InChI=1S/C10H15N5O3/c1-14(2)7-11-9-8(12-18-13-9)10(16)15-3-5-17-6-4-15/h7H,3-6H2,1-2H3. The number of aliphatic imine (C=N–C) groups is 1. The van der Waals surface area contributed by atoms with Crippen molar-refractivity contribution >= 4 is 18.1 Å². The first kappa shape index (κ1) is 12.5.